The summed E-state index contributed by atoms with van der Waals surface area (Å²) in [5, 5.41) is 5.30. The van der Waals surface area contributed by atoms with Gasteiger partial charge in [0.2, 0.25) is 6.23 Å². The maximum absolute atomic E-state index is 15.1. The number of aromatic nitrogens is 2. The van der Waals surface area contributed by atoms with Gasteiger partial charge in [0.25, 0.3) is 5.92 Å². The molecule has 2 saturated heterocycles. The molecule has 15 heteroatoms. The Hall–Kier alpha value is -3.97. The van der Waals surface area contributed by atoms with Crippen LogP contribution < -0.4 is 20.6 Å². The molecule has 0 spiro atoms. The third kappa shape index (κ3) is 8.14. The number of nitrogens with one attached hydrogen (secondary N) is 2. The van der Waals surface area contributed by atoms with E-state index in [-0.39, 0.29) is 19.0 Å². The molecule has 2 aliphatic heterocycles. The largest absolute Gasteiger partial charge is 0.458 e. The highest BCUT2D eigenvalue weighted by atomic mass is 31.2. The molecule has 2 aromatic carbocycles. The molecule has 44 heavy (non-hydrogen) atoms. The van der Waals surface area contributed by atoms with E-state index in [9.17, 15) is 14.4 Å². The van der Waals surface area contributed by atoms with Crippen molar-refractivity contribution in [2.24, 2.45) is 0 Å². The standard InChI is InChI=1S/C29H31F2N4O8P/c1-28(2)16-22(24(36)42-28)34-44(43-20-11-7-4-8-12-20)40-18-21-15-29(30,31)25(41-21)35-14-13-23(32-26(35)37)33-27(38)39-17-19-9-5-3-6-10-19/h3-14,21-22,25,34H,15-18H2,1-2H3,(H,32,33,37,38). The summed E-state index contributed by atoms with van der Waals surface area (Å²) in [7, 11) is -1.98. The lowest BCUT2D eigenvalue weighted by Crippen LogP contribution is -2.35. The predicted molar refractivity (Wildman–Crippen MR) is 154 cm³/mol. The van der Waals surface area contributed by atoms with Crippen LogP contribution >= 0.6 is 8.53 Å². The minimum Gasteiger partial charge on any atom is -0.458 e. The summed E-state index contributed by atoms with van der Waals surface area (Å²) in [6, 6.07) is 18.1. The van der Waals surface area contributed by atoms with E-state index >= 15 is 8.78 Å². The van der Waals surface area contributed by atoms with Crippen molar-refractivity contribution in [3.63, 3.8) is 0 Å². The first-order chi connectivity index (χ1) is 21.0. The first kappa shape index (κ1) is 31.5. The van der Waals surface area contributed by atoms with Gasteiger partial charge in [0.15, 0.2) is 0 Å². The van der Waals surface area contributed by atoms with Crippen molar-refractivity contribution in [2.45, 2.75) is 63.2 Å². The zero-order valence-corrected chi connectivity index (χ0v) is 24.7. The topological polar surface area (TPSA) is 139 Å². The molecule has 3 aromatic rings. The fourth-order valence-corrected chi connectivity index (χ4v) is 5.88. The number of esters is 1. The zero-order chi connectivity index (χ0) is 31.3. The van der Waals surface area contributed by atoms with Crippen LogP contribution in [0.25, 0.3) is 0 Å². The van der Waals surface area contributed by atoms with Crippen molar-refractivity contribution in [3.05, 3.63) is 89.0 Å². The predicted octanol–water partition coefficient (Wildman–Crippen LogP) is 4.92. The molecule has 2 N–H and O–H groups in total. The highest BCUT2D eigenvalue weighted by Gasteiger charge is 2.52. The van der Waals surface area contributed by atoms with Gasteiger partial charge in [-0.25, -0.2) is 23.5 Å². The van der Waals surface area contributed by atoms with Crippen LogP contribution in [0.1, 0.15) is 38.5 Å². The van der Waals surface area contributed by atoms with Crippen LogP contribution in [0.3, 0.4) is 0 Å². The lowest BCUT2D eigenvalue weighted by molar-refractivity contribution is -0.147. The molecule has 4 unspecified atom stereocenters. The lowest BCUT2D eigenvalue weighted by Gasteiger charge is -2.22. The molecule has 2 fully saturated rings. The summed E-state index contributed by atoms with van der Waals surface area (Å²) in [6.07, 6.45) is -3.28. The molecule has 1 aromatic heterocycles. The average Bonchev–Trinajstić information content (AvgIpc) is 3.43. The van der Waals surface area contributed by atoms with E-state index in [1.165, 1.54) is 6.07 Å². The van der Waals surface area contributed by atoms with Crippen molar-refractivity contribution in [3.8, 4) is 5.75 Å². The number of ether oxygens (including phenoxy) is 3. The molecule has 4 atom stereocenters. The minimum absolute atomic E-state index is 0.00778. The number of hydrogen-bond donors (Lipinski definition) is 2. The maximum atomic E-state index is 15.1. The Morgan fingerprint density at radius 2 is 1.77 bits per heavy atom. The van der Waals surface area contributed by atoms with E-state index in [1.807, 2.05) is 6.07 Å². The summed E-state index contributed by atoms with van der Waals surface area (Å²) in [6.45, 7) is 3.23. The number of amides is 1. The number of cyclic esters (lactones) is 1. The quantitative estimate of drug-likeness (QED) is 0.221. The molecule has 3 heterocycles. The van der Waals surface area contributed by atoms with E-state index in [1.54, 1.807) is 68.4 Å². The number of hydrogen-bond acceptors (Lipinski definition) is 10. The molecule has 0 saturated carbocycles. The first-order valence-corrected chi connectivity index (χ1v) is 14.9. The number of alkyl halides is 2. The Balaban J connectivity index is 1.20. The highest BCUT2D eigenvalue weighted by molar-refractivity contribution is 7.45. The average molecular weight is 633 g/mol. The second kappa shape index (κ2) is 13.3. The minimum atomic E-state index is -3.45. The highest BCUT2D eigenvalue weighted by Crippen LogP contribution is 2.44. The van der Waals surface area contributed by atoms with Gasteiger partial charge < -0.3 is 23.3 Å². The third-order valence-electron chi connectivity index (χ3n) is 6.64. The second-order valence-electron chi connectivity index (χ2n) is 10.8. The number of benzene rings is 2. The van der Waals surface area contributed by atoms with E-state index in [4.69, 9.17) is 23.3 Å². The number of anilines is 1. The Kier molecular flexibility index (Phi) is 9.54. The molecule has 0 radical (unpaired) electrons. The van der Waals surface area contributed by atoms with Gasteiger partial charge in [0.1, 0.15) is 29.8 Å². The Labute approximate surface area is 252 Å². The van der Waals surface area contributed by atoms with Crippen LogP contribution in [-0.4, -0.2) is 51.9 Å². The van der Waals surface area contributed by atoms with Gasteiger partial charge in [-0.3, -0.25) is 14.7 Å². The van der Waals surface area contributed by atoms with Gasteiger partial charge in [-0.05, 0) is 37.6 Å². The van der Waals surface area contributed by atoms with Crippen LogP contribution in [0.15, 0.2) is 77.7 Å². The van der Waals surface area contributed by atoms with E-state index in [0.717, 1.165) is 11.8 Å². The Bertz CT molecular complexity index is 1510. The third-order valence-corrected chi connectivity index (χ3v) is 7.92. The zero-order valence-electron chi connectivity index (χ0n) is 23.9. The summed E-state index contributed by atoms with van der Waals surface area (Å²) in [5.74, 6) is -3.64. The van der Waals surface area contributed by atoms with E-state index < -0.39 is 62.6 Å². The number of para-hydroxylation sites is 1. The lowest BCUT2D eigenvalue weighted by atomic mass is 10.0. The summed E-state index contributed by atoms with van der Waals surface area (Å²) in [5.41, 5.74) is -0.984. The maximum Gasteiger partial charge on any atom is 0.413 e. The van der Waals surface area contributed by atoms with Crippen LogP contribution in [-0.2, 0) is 30.1 Å². The molecule has 234 valence electrons. The number of carbonyl (C=O) groups excluding carboxylic acids is 2. The molecule has 0 bridgehead atoms. The smallest absolute Gasteiger partial charge is 0.413 e. The summed E-state index contributed by atoms with van der Waals surface area (Å²) >= 11 is 0. The normalized spacial score (nSPS) is 22.6. The number of nitrogens with zero attached hydrogens (tertiary/aromatic N) is 2. The number of halogens is 2. The number of rotatable bonds is 11. The monoisotopic (exact) mass is 632 g/mol. The van der Waals surface area contributed by atoms with Crippen molar-refractivity contribution in [1.82, 2.24) is 14.6 Å². The Morgan fingerprint density at radius 3 is 2.43 bits per heavy atom. The fraction of sp³-hybridized carbons (Fsp3) is 0.379. The van der Waals surface area contributed by atoms with Crippen molar-refractivity contribution in [1.29, 1.82) is 0 Å². The van der Waals surface area contributed by atoms with Crippen LogP contribution in [0.4, 0.5) is 19.4 Å². The number of carbonyl (C=O) groups is 2. The molecular weight excluding hydrogens is 601 g/mol. The van der Waals surface area contributed by atoms with Gasteiger partial charge >= 0.3 is 26.3 Å². The molecule has 0 aliphatic carbocycles. The van der Waals surface area contributed by atoms with Gasteiger partial charge in [0, 0.05) is 19.0 Å². The van der Waals surface area contributed by atoms with Gasteiger partial charge in [-0.15, -0.1) is 0 Å². The fourth-order valence-electron chi connectivity index (χ4n) is 4.63. The second-order valence-corrected chi connectivity index (χ2v) is 12.0. The first-order valence-electron chi connectivity index (χ1n) is 13.7. The SMILES string of the molecule is CC1(C)CC(NP(OCC2CC(F)(F)C(n3ccc(NC(=O)OCc4ccccc4)nc3=O)O2)Oc2ccccc2)C(=O)O1. The van der Waals surface area contributed by atoms with E-state index in [2.05, 4.69) is 15.4 Å². The molecule has 1 amide bonds. The van der Waals surface area contributed by atoms with Crippen molar-refractivity contribution >= 4 is 26.4 Å². The van der Waals surface area contributed by atoms with E-state index in [0.29, 0.717) is 16.7 Å². The van der Waals surface area contributed by atoms with Gasteiger partial charge in [-0.1, -0.05) is 48.5 Å². The molecule has 12 nitrogen and oxygen atoms in total. The van der Waals surface area contributed by atoms with Crippen LogP contribution in [0, 0.1) is 0 Å². The van der Waals surface area contributed by atoms with Gasteiger partial charge in [0.05, 0.1) is 12.7 Å². The summed E-state index contributed by atoms with van der Waals surface area (Å²) < 4.78 is 58.5. The van der Waals surface area contributed by atoms with Crippen molar-refractivity contribution < 1.29 is 41.6 Å². The Morgan fingerprint density at radius 1 is 1.07 bits per heavy atom. The molecule has 2 aliphatic rings. The molecular formula is C29H31F2N4O8P. The molecule has 5 rings (SSSR count). The van der Waals surface area contributed by atoms with Crippen LogP contribution in [0.2, 0.25) is 0 Å². The van der Waals surface area contributed by atoms with Crippen LogP contribution in [0.5, 0.6) is 5.75 Å². The van der Waals surface area contributed by atoms with Gasteiger partial charge in [-0.2, -0.15) is 4.98 Å². The summed E-state index contributed by atoms with van der Waals surface area (Å²) in [4.78, 5) is 40.8. The van der Waals surface area contributed by atoms with Crippen molar-refractivity contribution in [2.75, 3.05) is 11.9 Å².